The lowest BCUT2D eigenvalue weighted by molar-refractivity contribution is 0.100. The third kappa shape index (κ3) is 4.98. The molecule has 0 unspecified atom stereocenters. The monoisotopic (exact) mass is 426 g/mol. The number of carbonyl (C=O) groups is 1. The SMILES string of the molecule is CCCCCCCCn1nc(N)c(C(N)=O)c1-c1cc(Br)ccc1Cl. The number of halogens is 2. The Morgan fingerprint density at radius 2 is 1.92 bits per heavy atom. The summed E-state index contributed by atoms with van der Waals surface area (Å²) in [6, 6.07) is 5.46. The van der Waals surface area contributed by atoms with Gasteiger partial charge in [-0.25, -0.2) is 0 Å². The first-order chi connectivity index (χ1) is 12.0. The largest absolute Gasteiger partial charge is 0.382 e. The Bertz CT molecular complexity index is 745. The average Bonchev–Trinajstić information content (AvgIpc) is 2.89. The number of amides is 1. The summed E-state index contributed by atoms with van der Waals surface area (Å²) in [5, 5.41) is 4.86. The number of rotatable bonds is 9. The predicted molar refractivity (Wildman–Crippen MR) is 107 cm³/mol. The number of aryl methyl sites for hydroxylation is 1. The molecule has 1 heterocycles. The van der Waals surface area contributed by atoms with E-state index in [4.69, 9.17) is 23.1 Å². The van der Waals surface area contributed by atoms with Crippen LogP contribution in [0.1, 0.15) is 55.8 Å². The van der Waals surface area contributed by atoms with Crippen molar-refractivity contribution in [2.75, 3.05) is 5.73 Å². The summed E-state index contributed by atoms with van der Waals surface area (Å²) in [6.45, 7) is 2.87. The fourth-order valence-electron chi connectivity index (χ4n) is 2.88. The van der Waals surface area contributed by atoms with Gasteiger partial charge in [-0.15, -0.1) is 0 Å². The molecular weight excluding hydrogens is 404 g/mol. The van der Waals surface area contributed by atoms with Crippen LogP contribution in [-0.4, -0.2) is 15.7 Å². The number of carbonyl (C=O) groups excluding carboxylic acids is 1. The van der Waals surface area contributed by atoms with E-state index in [1.807, 2.05) is 12.1 Å². The molecule has 0 aliphatic carbocycles. The third-order valence-corrected chi connectivity index (χ3v) is 4.96. The molecule has 0 fully saturated rings. The summed E-state index contributed by atoms with van der Waals surface area (Å²) in [4.78, 5) is 11.9. The smallest absolute Gasteiger partial charge is 0.254 e. The van der Waals surface area contributed by atoms with Crippen LogP contribution in [0.3, 0.4) is 0 Å². The van der Waals surface area contributed by atoms with Crippen molar-refractivity contribution in [1.29, 1.82) is 0 Å². The Balaban J connectivity index is 2.29. The van der Waals surface area contributed by atoms with Crippen LogP contribution in [-0.2, 0) is 6.54 Å². The van der Waals surface area contributed by atoms with Gasteiger partial charge in [0.05, 0.1) is 10.7 Å². The Morgan fingerprint density at radius 1 is 1.24 bits per heavy atom. The number of unbranched alkanes of at least 4 members (excludes halogenated alkanes) is 5. The maximum atomic E-state index is 11.9. The summed E-state index contributed by atoms with van der Waals surface area (Å²) in [5.74, 6) is -0.456. The minimum atomic E-state index is -0.599. The molecule has 0 bridgehead atoms. The molecule has 1 aromatic carbocycles. The second kappa shape index (κ2) is 9.25. The molecule has 5 nitrogen and oxygen atoms in total. The van der Waals surface area contributed by atoms with Gasteiger partial charge in [0.25, 0.3) is 5.91 Å². The van der Waals surface area contributed by atoms with Gasteiger partial charge in [0, 0.05) is 16.6 Å². The van der Waals surface area contributed by atoms with Gasteiger partial charge in [-0.1, -0.05) is 66.6 Å². The number of hydrogen-bond acceptors (Lipinski definition) is 3. The maximum Gasteiger partial charge on any atom is 0.254 e. The molecule has 0 atom stereocenters. The molecule has 2 aromatic rings. The highest BCUT2D eigenvalue weighted by molar-refractivity contribution is 9.10. The molecule has 25 heavy (non-hydrogen) atoms. The van der Waals surface area contributed by atoms with E-state index in [-0.39, 0.29) is 11.4 Å². The second-order valence-electron chi connectivity index (χ2n) is 6.09. The van der Waals surface area contributed by atoms with Gasteiger partial charge in [0.1, 0.15) is 5.56 Å². The van der Waals surface area contributed by atoms with Crippen LogP contribution in [0.4, 0.5) is 5.82 Å². The van der Waals surface area contributed by atoms with E-state index < -0.39 is 5.91 Å². The molecule has 0 aliphatic heterocycles. The molecule has 0 aliphatic rings. The summed E-state index contributed by atoms with van der Waals surface area (Å²) < 4.78 is 2.61. The molecule has 136 valence electrons. The van der Waals surface area contributed by atoms with Crippen molar-refractivity contribution in [2.45, 2.75) is 52.0 Å². The van der Waals surface area contributed by atoms with Gasteiger partial charge in [0.15, 0.2) is 5.82 Å². The van der Waals surface area contributed by atoms with Gasteiger partial charge in [-0.3, -0.25) is 9.48 Å². The number of benzene rings is 1. The molecule has 0 saturated carbocycles. The van der Waals surface area contributed by atoms with Crippen LogP contribution < -0.4 is 11.5 Å². The van der Waals surface area contributed by atoms with Gasteiger partial charge >= 0.3 is 0 Å². The number of nitrogen functional groups attached to an aromatic ring is 1. The van der Waals surface area contributed by atoms with Crippen LogP contribution in [0, 0.1) is 0 Å². The standard InChI is InChI=1S/C18H24BrClN4O/c1-2-3-4-5-6-7-10-24-16(15(18(22)25)17(21)23-24)13-11-12(19)8-9-14(13)20/h8-9,11H,2-7,10H2,1H3,(H2,21,23)(H2,22,25). The normalized spacial score (nSPS) is 11.0. The lowest BCUT2D eigenvalue weighted by Gasteiger charge is -2.11. The van der Waals surface area contributed by atoms with Crippen molar-refractivity contribution >= 4 is 39.3 Å². The van der Waals surface area contributed by atoms with Gasteiger partial charge in [-0.2, -0.15) is 5.10 Å². The Hall–Kier alpha value is -1.53. The first-order valence-electron chi connectivity index (χ1n) is 8.57. The van der Waals surface area contributed by atoms with Crippen molar-refractivity contribution in [1.82, 2.24) is 9.78 Å². The second-order valence-corrected chi connectivity index (χ2v) is 7.41. The van der Waals surface area contributed by atoms with E-state index in [9.17, 15) is 4.79 Å². The predicted octanol–water partition coefficient (Wildman–Crippen LogP) is 5.01. The summed E-state index contributed by atoms with van der Waals surface area (Å²) in [7, 11) is 0. The average molecular weight is 428 g/mol. The molecule has 1 amide bonds. The van der Waals surface area contributed by atoms with Crippen molar-refractivity contribution in [3.05, 3.63) is 33.3 Å². The van der Waals surface area contributed by atoms with Crippen molar-refractivity contribution in [2.24, 2.45) is 5.73 Å². The molecule has 2 rings (SSSR count). The molecule has 1 aromatic heterocycles. The van der Waals surface area contributed by atoms with Gasteiger partial charge in [-0.05, 0) is 24.6 Å². The maximum absolute atomic E-state index is 11.9. The lowest BCUT2D eigenvalue weighted by Crippen LogP contribution is -2.14. The van der Waals surface area contributed by atoms with Crippen molar-refractivity contribution < 1.29 is 4.79 Å². The molecule has 0 radical (unpaired) electrons. The molecule has 7 heteroatoms. The fourth-order valence-corrected chi connectivity index (χ4v) is 3.45. The van der Waals surface area contributed by atoms with Crippen LogP contribution >= 0.6 is 27.5 Å². The van der Waals surface area contributed by atoms with Crippen LogP contribution in [0.15, 0.2) is 22.7 Å². The van der Waals surface area contributed by atoms with E-state index in [2.05, 4.69) is 28.0 Å². The summed E-state index contributed by atoms with van der Waals surface area (Å²) >= 11 is 9.79. The molecule has 0 saturated heterocycles. The van der Waals surface area contributed by atoms with Crippen LogP contribution in [0.5, 0.6) is 0 Å². The highest BCUT2D eigenvalue weighted by Crippen LogP contribution is 2.35. The Kier molecular flexibility index (Phi) is 7.32. The molecule has 0 spiro atoms. The highest BCUT2D eigenvalue weighted by atomic mass is 79.9. The topological polar surface area (TPSA) is 86.9 Å². The van der Waals surface area contributed by atoms with Crippen molar-refractivity contribution in [3.63, 3.8) is 0 Å². The van der Waals surface area contributed by atoms with Gasteiger partial charge < -0.3 is 11.5 Å². The first-order valence-corrected chi connectivity index (χ1v) is 9.74. The van der Waals surface area contributed by atoms with E-state index in [1.165, 1.54) is 25.7 Å². The summed E-state index contributed by atoms with van der Waals surface area (Å²) in [6.07, 6.45) is 7.00. The van der Waals surface area contributed by atoms with Crippen LogP contribution in [0.25, 0.3) is 11.3 Å². The zero-order chi connectivity index (χ0) is 18.4. The van der Waals surface area contributed by atoms with E-state index >= 15 is 0 Å². The molecule has 4 N–H and O–H groups in total. The third-order valence-electron chi connectivity index (χ3n) is 4.13. The highest BCUT2D eigenvalue weighted by Gasteiger charge is 2.23. The number of primary amides is 1. The zero-order valence-corrected chi connectivity index (χ0v) is 16.7. The number of anilines is 1. The first kappa shape index (κ1) is 19.8. The van der Waals surface area contributed by atoms with Gasteiger partial charge in [0.2, 0.25) is 0 Å². The molecular formula is C18H24BrClN4O. The number of nitrogens with two attached hydrogens (primary N) is 2. The lowest BCUT2D eigenvalue weighted by atomic mass is 10.1. The van der Waals surface area contributed by atoms with Crippen molar-refractivity contribution in [3.8, 4) is 11.3 Å². The number of nitrogens with zero attached hydrogens (tertiary/aromatic N) is 2. The minimum absolute atomic E-state index is 0.143. The Labute approximate surface area is 161 Å². The summed E-state index contributed by atoms with van der Waals surface area (Å²) in [5.41, 5.74) is 13.0. The van der Waals surface area contributed by atoms with E-state index in [0.29, 0.717) is 22.8 Å². The van der Waals surface area contributed by atoms with E-state index in [0.717, 1.165) is 17.3 Å². The Morgan fingerprint density at radius 3 is 2.60 bits per heavy atom. The zero-order valence-electron chi connectivity index (χ0n) is 14.4. The quantitative estimate of drug-likeness (QED) is 0.551. The number of aromatic nitrogens is 2. The fraction of sp³-hybridized carbons (Fsp3) is 0.444. The minimum Gasteiger partial charge on any atom is -0.382 e. The van der Waals surface area contributed by atoms with E-state index in [1.54, 1.807) is 10.7 Å². The van der Waals surface area contributed by atoms with Crippen LogP contribution in [0.2, 0.25) is 5.02 Å². The number of hydrogen-bond donors (Lipinski definition) is 2.